The molecule has 1 nitrogen and oxygen atoms in total. The van der Waals surface area contributed by atoms with E-state index in [2.05, 4.69) is 31.9 Å². The van der Waals surface area contributed by atoms with Gasteiger partial charge in [0.2, 0.25) is 0 Å². The highest BCUT2D eigenvalue weighted by atomic mass is 79.9. The largest absolute Gasteiger partial charge is 0.488 e. The van der Waals surface area contributed by atoms with Crippen LogP contribution < -0.4 is 4.74 Å². The average Bonchev–Trinajstić information content (AvgIpc) is 2.28. The fourth-order valence-electron chi connectivity index (χ4n) is 1.38. The zero-order chi connectivity index (χ0) is 12.3. The molecular formula is C13H9Br2ClO. The Labute approximate surface area is 122 Å². The summed E-state index contributed by atoms with van der Waals surface area (Å²) in [4.78, 5) is 0. The van der Waals surface area contributed by atoms with Crippen molar-refractivity contribution in [3.63, 3.8) is 0 Å². The monoisotopic (exact) mass is 374 g/mol. The Morgan fingerprint density at radius 2 is 1.88 bits per heavy atom. The summed E-state index contributed by atoms with van der Waals surface area (Å²) in [6, 6.07) is 13.5. The van der Waals surface area contributed by atoms with E-state index in [1.165, 1.54) is 0 Å². The summed E-state index contributed by atoms with van der Waals surface area (Å²) in [5.74, 6) is 0.786. The van der Waals surface area contributed by atoms with E-state index in [-0.39, 0.29) is 0 Å². The SMILES string of the molecule is Clc1ccc(OCc2cccc(Br)c2)c(Br)c1. The predicted octanol–water partition coefficient (Wildman–Crippen LogP) is 5.44. The lowest BCUT2D eigenvalue weighted by atomic mass is 10.2. The van der Waals surface area contributed by atoms with Crippen molar-refractivity contribution in [3.8, 4) is 5.75 Å². The topological polar surface area (TPSA) is 9.23 Å². The molecule has 88 valence electrons. The summed E-state index contributed by atoms with van der Waals surface area (Å²) in [7, 11) is 0. The number of hydrogen-bond donors (Lipinski definition) is 0. The van der Waals surface area contributed by atoms with Gasteiger partial charge < -0.3 is 4.74 Å². The molecule has 0 radical (unpaired) electrons. The lowest BCUT2D eigenvalue weighted by Crippen LogP contribution is -1.95. The third-order valence-corrected chi connectivity index (χ3v) is 3.53. The standard InChI is InChI=1S/C13H9Br2ClO/c14-10-3-1-2-9(6-10)8-17-13-5-4-11(16)7-12(13)15/h1-7H,8H2. The van der Waals surface area contributed by atoms with E-state index in [4.69, 9.17) is 16.3 Å². The Morgan fingerprint density at radius 1 is 1.06 bits per heavy atom. The third kappa shape index (κ3) is 3.73. The van der Waals surface area contributed by atoms with Gasteiger partial charge in [-0.2, -0.15) is 0 Å². The van der Waals surface area contributed by atoms with E-state index in [1.54, 1.807) is 0 Å². The number of benzene rings is 2. The zero-order valence-electron chi connectivity index (χ0n) is 8.79. The molecule has 2 rings (SSSR count). The van der Waals surface area contributed by atoms with Crippen molar-refractivity contribution >= 4 is 43.5 Å². The summed E-state index contributed by atoms with van der Waals surface area (Å²) < 4.78 is 7.62. The highest BCUT2D eigenvalue weighted by Gasteiger charge is 2.02. The van der Waals surface area contributed by atoms with Crippen molar-refractivity contribution in [2.75, 3.05) is 0 Å². The Balaban J connectivity index is 2.07. The first kappa shape index (κ1) is 12.9. The molecule has 2 aromatic rings. The first-order valence-electron chi connectivity index (χ1n) is 4.97. The van der Waals surface area contributed by atoms with Crippen molar-refractivity contribution in [2.45, 2.75) is 6.61 Å². The summed E-state index contributed by atoms with van der Waals surface area (Å²) in [6.07, 6.45) is 0. The molecule has 0 aliphatic rings. The first-order chi connectivity index (χ1) is 8.15. The molecule has 2 aromatic carbocycles. The molecule has 0 unspecified atom stereocenters. The fourth-order valence-corrected chi connectivity index (χ4v) is 2.62. The number of ether oxygens (including phenoxy) is 1. The normalized spacial score (nSPS) is 10.3. The molecule has 0 aromatic heterocycles. The van der Waals surface area contributed by atoms with Crippen molar-refractivity contribution in [2.24, 2.45) is 0 Å². The van der Waals surface area contributed by atoms with Crippen LogP contribution in [0.1, 0.15) is 5.56 Å². The summed E-state index contributed by atoms with van der Waals surface area (Å²) in [5.41, 5.74) is 1.11. The highest BCUT2D eigenvalue weighted by molar-refractivity contribution is 9.10. The van der Waals surface area contributed by atoms with E-state index in [9.17, 15) is 0 Å². The van der Waals surface area contributed by atoms with Crippen molar-refractivity contribution in [3.05, 3.63) is 62.0 Å². The second-order valence-electron chi connectivity index (χ2n) is 3.49. The molecule has 0 aliphatic heterocycles. The van der Waals surface area contributed by atoms with E-state index in [1.807, 2.05) is 42.5 Å². The van der Waals surface area contributed by atoms with Crippen LogP contribution in [0.4, 0.5) is 0 Å². The minimum atomic E-state index is 0.527. The molecule has 0 heterocycles. The molecule has 0 saturated carbocycles. The van der Waals surface area contributed by atoms with Gasteiger partial charge in [-0.15, -0.1) is 0 Å². The molecule has 0 atom stereocenters. The van der Waals surface area contributed by atoms with Crippen LogP contribution in [0.2, 0.25) is 5.02 Å². The van der Waals surface area contributed by atoms with E-state index >= 15 is 0 Å². The third-order valence-electron chi connectivity index (χ3n) is 2.18. The van der Waals surface area contributed by atoms with Gasteiger partial charge in [0.05, 0.1) is 4.47 Å². The smallest absolute Gasteiger partial charge is 0.134 e. The molecule has 0 aliphatic carbocycles. The molecule has 0 spiro atoms. The molecule has 0 fully saturated rings. The minimum absolute atomic E-state index is 0.527. The summed E-state index contributed by atoms with van der Waals surface area (Å²) in [6.45, 7) is 0.527. The fraction of sp³-hybridized carbons (Fsp3) is 0.0769. The second-order valence-corrected chi connectivity index (χ2v) is 5.70. The molecule has 4 heteroatoms. The lowest BCUT2D eigenvalue weighted by molar-refractivity contribution is 0.304. The maximum atomic E-state index is 5.86. The van der Waals surface area contributed by atoms with Gasteiger partial charge in [-0.05, 0) is 51.8 Å². The molecule has 17 heavy (non-hydrogen) atoms. The van der Waals surface area contributed by atoms with E-state index in [0.717, 1.165) is 20.3 Å². The second kappa shape index (κ2) is 5.89. The van der Waals surface area contributed by atoms with Crippen LogP contribution in [-0.2, 0) is 6.61 Å². The Bertz CT molecular complexity index is 529. The first-order valence-corrected chi connectivity index (χ1v) is 6.94. The maximum absolute atomic E-state index is 5.86. The van der Waals surface area contributed by atoms with Gasteiger partial charge in [-0.1, -0.05) is 39.7 Å². The van der Waals surface area contributed by atoms with Gasteiger partial charge in [0.15, 0.2) is 0 Å². The van der Waals surface area contributed by atoms with Crippen LogP contribution >= 0.6 is 43.5 Å². The Hall–Kier alpha value is -0.510. The Kier molecular flexibility index (Phi) is 4.48. The maximum Gasteiger partial charge on any atom is 0.134 e. The average molecular weight is 376 g/mol. The van der Waals surface area contributed by atoms with E-state index in [0.29, 0.717) is 11.6 Å². The quantitative estimate of drug-likeness (QED) is 0.693. The van der Waals surface area contributed by atoms with Crippen LogP contribution in [0.15, 0.2) is 51.4 Å². The zero-order valence-corrected chi connectivity index (χ0v) is 12.7. The Morgan fingerprint density at radius 3 is 2.59 bits per heavy atom. The van der Waals surface area contributed by atoms with Crippen LogP contribution in [0.5, 0.6) is 5.75 Å². The van der Waals surface area contributed by atoms with Crippen LogP contribution in [-0.4, -0.2) is 0 Å². The highest BCUT2D eigenvalue weighted by Crippen LogP contribution is 2.28. The van der Waals surface area contributed by atoms with Crippen LogP contribution in [0.25, 0.3) is 0 Å². The summed E-state index contributed by atoms with van der Waals surface area (Å²) in [5, 5.41) is 0.687. The summed E-state index contributed by atoms with van der Waals surface area (Å²) >= 11 is 12.7. The van der Waals surface area contributed by atoms with Gasteiger partial charge in [0, 0.05) is 9.50 Å². The number of rotatable bonds is 3. The van der Waals surface area contributed by atoms with Crippen molar-refractivity contribution in [1.29, 1.82) is 0 Å². The number of halogens is 3. The van der Waals surface area contributed by atoms with Gasteiger partial charge in [-0.25, -0.2) is 0 Å². The van der Waals surface area contributed by atoms with E-state index < -0.39 is 0 Å². The van der Waals surface area contributed by atoms with Gasteiger partial charge >= 0.3 is 0 Å². The molecule has 0 N–H and O–H groups in total. The lowest BCUT2D eigenvalue weighted by Gasteiger charge is -2.08. The number of hydrogen-bond acceptors (Lipinski definition) is 1. The van der Waals surface area contributed by atoms with Gasteiger partial charge in [0.25, 0.3) is 0 Å². The van der Waals surface area contributed by atoms with Crippen molar-refractivity contribution in [1.82, 2.24) is 0 Å². The van der Waals surface area contributed by atoms with Crippen LogP contribution in [0.3, 0.4) is 0 Å². The molecule has 0 bridgehead atoms. The van der Waals surface area contributed by atoms with Gasteiger partial charge in [0.1, 0.15) is 12.4 Å². The molecular weight excluding hydrogens is 367 g/mol. The van der Waals surface area contributed by atoms with Gasteiger partial charge in [-0.3, -0.25) is 0 Å². The predicted molar refractivity (Wildman–Crippen MR) is 77.6 cm³/mol. The molecule has 0 saturated heterocycles. The van der Waals surface area contributed by atoms with Crippen LogP contribution in [0, 0.1) is 0 Å². The minimum Gasteiger partial charge on any atom is -0.488 e. The molecule has 0 amide bonds. The van der Waals surface area contributed by atoms with Crippen molar-refractivity contribution < 1.29 is 4.74 Å².